The first-order valence-corrected chi connectivity index (χ1v) is 8.28. The molecule has 0 aliphatic carbocycles. The predicted molar refractivity (Wildman–Crippen MR) is 94.7 cm³/mol. The summed E-state index contributed by atoms with van der Waals surface area (Å²) >= 11 is 0. The standard InChI is InChI=1S/C18H16FN7/c19-15-3-1-4-16(14(15)13-20)24-9-11-25(12-10-24)17-5-6-18(23-22-17)26-8-2-7-21-26/h1-8H,9-12H2. The second-order valence-electron chi connectivity index (χ2n) is 5.92. The van der Waals surface area contributed by atoms with Gasteiger partial charge in [0.15, 0.2) is 11.6 Å². The molecule has 130 valence electrons. The van der Waals surface area contributed by atoms with E-state index in [0.717, 1.165) is 18.9 Å². The molecule has 0 atom stereocenters. The zero-order valence-electron chi connectivity index (χ0n) is 14.0. The van der Waals surface area contributed by atoms with Gasteiger partial charge in [-0.15, -0.1) is 10.2 Å². The third kappa shape index (κ3) is 2.95. The summed E-state index contributed by atoms with van der Waals surface area (Å²) in [4.78, 5) is 4.16. The van der Waals surface area contributed by atoms with Crippen molar-refractivity contribution < 1.29 is 4.39 Å². The van der Waals surface area contributed by atoms with E-state index in [2.05, 4.69) is 20.2 Å². The van der Waals surface area contributed by atoms with Crippen LogP contribution in [0.25, 0.3) is 5.82 Å². The molecule has 4 rings (SSSR count). The van der Waals surface area contributed by atoms with E-state index in [1.165, 1.54) is 6.07 Å². The highest BCUT2D eigenvalue weighted by Gasteiger charge is 2.21. The van der Waals surface area contributed by atoms with Crippen molar-refractivity contribution in [2.45, 2.75) is 0 Å². The maximum atomic E-state index is 13.8. The molecule has 0 saturated carbocycles. The first-order chi connectivity index (χ1) is 12.8. The van der Waals surface area contributed by atoms with Gasteiger partial charge in [-0.3, -0.25) is 0 Å². The number of halogens is 1. The Hall–Kier alpha value is -3.47. The minimum Gasteiger partial charge on any atom is -0.367 e. The third-order valence-corrected chi connectivity index (χ3v) is 4.42. The second kappa shape index (κ2) is 6.80. The van der Waals surface area contributed by atoms with Gasteiger partial charge in [0.1, 0.15) is 17.4 Å². The molecule has 3 aromatic rings. The topological polar surface area (TPSA) is 73.9 Å². The highest BCUT2D eigenvalue weighted by Crippen LogP contribution is 2.24. The van der Waals surface area contributed by atoms with E-state index >= 15 is 0 Å². The summed E-state index contributed by atoms with van der Waals surface area (Å²) in [5.74, 6) is 0.976. The Bertz CT molecular complexity index is 923. The predicted octanol–water partition coefficient (Wildman–Crippen LogP) is 2.00. The van der Waals surface area contributed by atoms with Crippen LogP contribution in [-0.4, -0.2) is 46.2 Å². The minimum absolute atomic E-state index is 0.101. The summed E-state index contributed by atoms with van der Waals surface area (Å²) in [6.45, 7) is 2.80. The normalized spacial score (nSPS) is 14.3. The van der Waals surface area contributed by atoms with Crippen molar-refractivity contribution >= 4 is 11.5 Å². The molecule has 26 heavy (non-hydrogen) atoms. The van der Waals surface area contributed by atoms with Gasteiger partial charge in [0.25, 0.3) is 0 Å². The average molecular weight is 349 g/mol. The molecule has 0 amide bonds. The molecule has 2 aromatic heterocycles. The maximum Gasteiger partial charge on any atom is 0.175 e. The molecule has 1 saturated heterocycles. The Morgan fingerprint density at radius 1 is 0.923 bits per heavy atom. The van der Waals surface area contributed by atoms with Crippen LogP contribution in [0.3, 0.4) is 0 Å². The largest absolute Gasteiger partial charge is 0.367 e. The van der Waals surface area contributed by atoms with Crippen molar-refractivity contribution in [3.63, 3.8) is 0 Å². The average Bonchev–Trinajstić information content (AvgIpc) is 3.23. The van der Waals surface area contributed by atoms with Gasteiger partial charge in [0, 0.05) is 38.6 Å². The SMILES string of the molecule is N#Cc1c(F)cccc1N1CCN(c2ccc(-n3cccn3)nn2)CC1. The van der Waals surface area contributed by atoms with Crippen LogP contribution in [0, 0.1) is 17.1 Å². The van der Waals surface area contributed by atoms with Crippen LogP contribution in [0.5, 0.6) is 0 Å². The Morgan fingerprint density at radius 3 is 2.31 bits per heavy atom. The smallest absolute Gasteiger partial charge is 0.175 e. The lowest BCUT2D eigenvalue weighted by molar-refractivity contribution is 0.614. The Morgan fingerprint density at radius 2 is 1.65 bits per heavy atom. The van der Waals surface area contributed by atoms with Crippen molar-refractivity contribution in [1.82, 2.24) is 20.0 Å². The summed E-state index contributed by atoms with van der Waals surface area (Å²) in [5.41, 5.74) is 0.747. The molecule has 3 heterocycles. The van der Waals surface area contributed by atoms with Gasteiger partial charge in [-0.1, -0.05) is 6.07 Å². The van der Waals surface area contributed by atoms with Crippen molar-refractivity contribution in [1.29, 1.82) is 5.26 Å². The van der Waals surface area contributed by atoms with Crippen molar-refractivity contribution in [2.75, 3.05) is 36.0 Å². The summed E-state index contributed by atoms with van der Waals surface area (Å²) in [6.07, 6.45) is 3.50. The van der Waals surface area contributed by atoms with Crippen molar-refractivity contribution in [3.8, 4) is 11.9 Å². The van der Waals surface area contributed by atoms with Crippen LogP contribution in [0.1, 0.15) is 5.56 Å². The number of aromatic nitrogens is 4. The van der Waals surface area contributed by atoms with Crippen LogP contribution >= 0.6 is 0 Å². The molecule has 1 fully saturated rings. The van der Waals surface area contributed by atoms with Gasteiger partial charge >= 0.3 is 0 Å². The van der Waals surface area contributed by atoms with Gasteiger partial charge in [-0.25, -0.2) is 9.07 Å². The molecule has 0 unspecified atom stereocenters. The first-order valence-electron chi connectivity index (χ1n) is 8.28. The fourth-order valence-electron chi connectivity index (χ4n) is 3.08. The van der Waals surface area contributed by atoms with Crippen LogP contribution in [-0.2, 0) is 0 Å². The number of piperazine rings is 1. The second-order valence-corrected chi connectivity index (χ2v) is 5.92. The van der Waals surface area contributed by atoms with E-state index < -0.39 is 5.82 Å². The van der Waals surface area contributed by atoms with Gasteiger partial charge < -0.3 is 9.80 Å². The lowest BCUT2D eigenvalue weighted by Crippen LogP contribution is -2.47. The fourth-order valence-corrected chi connectivity index (χ4v) is 3.08. The van der Waals surface area contributed by atoms with Crippen molar-refractivity contribution in [3.05, 3.63) is 60.2 Å². The molecule has 1 aliphatic heterocycles. The lowest BCUT2D eigenvalue weighted by atomic mass is 10.1. The molecule has 8 heteroatoms. The van der Waals surface area contributed by atoms with Crippen LogP contribution in [0.4, 0.5) is 15.9 Å². The van der Waals surface area contributed by atoms with E-state index in [9.17, 15) is 9.65 Å². The van der Waals surface area contributed by atoms with E-state index in [-0.39, 0.29) is 5.56 Å². The molecule has 1 aliphatic rings. The number of hydrogen-bond donors (Lipinski definition) is 0. The number of rotatable bonds is 3. The first kappa shape index (κ1) is 16.0. The summed E-state index contributed by atoms with van der Waals surface area (Å²) in [5, 5.41) is 21.8. The Kier molecular flexibility index (Phi) is 4.19. The third-order valence-electron chi connectivity index (χ3n) is 4.42. The Labute approximate surface area is 149 Å². The molecule has 7 nitrogen and oxygen atoms in total. The molecule has 0 radical (unpaired) electrons. The highest BCUT2D eigenvalue weighted by atomic mass is 19.1. The Balaban J connectivity index is 1.46. The monoisotopic (exact) mass is 349 g/mol. The molecular formula is C18H16FN7. The van der Waals surface area contributed by atoms with E-state index in [1.54, 1.807) is 23.0 Å². The molecule has 0 bridgehead atoms. The van der Waals surface area contributed by atoms with Crippen LogP contribution in [0.15, 0.2) is 48.8 Å². The van der Waals surface area contributed by atoms with Crippen molar-refractivity contribution in [2.24, 2.45) is 0 Å². The van der Waals surface area contributed by atoms with Crippen LogP contribution < -0.4 is 9.80 Å². The maximum absolute atomic E-state index is 13.8. The zero-order valence-corrected chi connectivity index (χ0v) is 14.0. The summed E-state index contributed by atoms with van der Waals surface area (Å²) in [6, 6.07) is 12.3. The number of nitrogens with zero attached hydrogens (tertiary/aromatic N) is 7. The van der Waals surface area contributed by atoms with E-state index in [0.29, 0.717) is 24.6 Å². The number of nitriles is 1. The fraction of sp³-hybridized carbons (Fsp3) is 0.222. The summed E-state index contributed by atoms with van der Waals surface area (Å²) in [7, 11) is 0. The molecular weight excluding hydrogens is 333 g/mol. The number of hydrogen-bond acceptors (Lipinski definition) is 6. The lowest BCUT2D eigenvalue weighted by Gasteiger charge is -2.36. The number of benzene rings is 1. The van der Waals surface area contributed by atoms with Gasteiger partial charge in [-0.2, -0.15) is 10.4 Å². The summed E-state index contributed by atoms with van der Waals surface area (Å²) < 4.78 is 15.5. The van der Waals surface area contributed by atoms with E-state index in [1.807, 2.05) is 35.4 Å². The highest BCUT2D eigenvalue weighted by molar-refractivity contribution is 5.60. The van der Waals surface area contributed by atoms with Gasteiger partial charge in [0.2, 0.25) is 0 Å². The van der Waals surface area contributed by atoms with Gasteiger partial charge in [0.05, 0.1) is 5.69 Å². The zero-order chi connectivity index (χ0) is 17.9. The molecule has 0 N–H and O–H groups in total. The van der Waals surface area contributed by atoms with Gasteiger partial charge in [-0.05, 0) is 30.3 Å². The quantitative estimate of drug-likeness (QED) is 0.720. The van der Waals surface area contributed by atoms with Crippen LogP contribution in [0.2, 0.25) is 0 Å². The molecule has 0 spiro atoms. The number of anilines is 2. The van der Waals surface area contributed by atoms with E-state index in [4.69, 9.17) is 0 Å². The minimum atomic E-state index is -0.479. The molecule has 1 aromatic carbocycles.